The van der Waals surface area contributed by atoms with Crippen molar-refractivity contribution < 1.29 is 14.3 Å². The molecule has 1 saturated heterocycles. The highest BCUT2D eigenvalue weighted by molar-refractivity contribution is 9.10. The molecule has 1 heterocycles. The van der Waals surface area contributed by atoms with E-state index in [1.54, 1.807) is 24.3 Å². The van der Waals surface area contributed by atoms with E-state index in [4.69, 9.17) is 4.74 Å². The summed E-state index contributed by atoms with van der Waals surface area (Å²) >= 11 is 3.31. The lowest BCUT2D eigenvalue weighted by molar-refractivity contribution is -0.136. The summed E-state index contributed by atoms with van der Waals surface area (Å²) < 4.78 is 6.19. The fourth-order valence-electron chi connectivity index (χ4n) is 2.13. The molecule has 120 valence electrons. The van der Waals surface area contributed by atoms with Gasteiger partial charge in [0.2, 0.25) is 0 Å². The smallest absolute Gasteiger partial charge is 0.313 e. The maximum absolute atomic E-state index is 11.7. The molecule has 2 N–H and O–H groups in total. The second kappa shape index (κ2) is 8.87. The summed E-state index contributed by atoms with van der Waals surface area (Å²) in [4.78, 5) is 25.7. The molecule has 0 aromatic heterocycles. The molecule has 0 unspecified atom stereocenters. The number of nitrogens with one attached hydrogen (secondary N) is 2. The molecule has 7 heteroatoms. The second-order valence-electron chi connectivity index (χ2n) is 5.02. The number of hydrogen-bond donors (Lipinski definition) is 2. The first kappa shape index (κ1) is 16.9. The standard InChI is InChI=1S/C15H20BrN3O3/c16-12-2-4-13(5-3-12)18-15(21)14(20)17-6-1-7-19-8-10-22-11-9-19/h2-5H,1,6-11H2,(H,17,20)(H,18,21). The molecule has 6 nitrogen and oxygen atoms in total. The number of ether oxygens (including phenoxy) is 1. The Morgan fingerprint density at radius 1 is 1.14 bits per heavy atom. The molecule has 1 aliphatic heterocycles. The fourth-order valence-corrected chi connectivity index (χ4v) is 2.40. The number of benzene rings is 1. The predicted molar refractivity (Wildman–Crippen MR) is 87.7 cm³/mol. The zero-order valence-corrected chi connectivity index (χ0v) is 13.9. The van der Waals surface area contributed by atoms with E-state index in [-0.39, 0.29) is 0 Å². The minimum atomic E-state index is -0.645. The normalized spacial score (nSPS) is 15.3. The largest absolute Gasteiger partial charge is 0.379 e. The van der Waals surface area contributed by atoms with Crippen LogP contribution < -0.4 is 10.6 Å². The second-order valence-corrected chi connectivity index (χ2v) is 5.94. The van der Waals surface area contributed by atoms with Crippen LogP contribution in [0.25, 0.3) is 0 Å². The van der Waals surface area contributed by atoms with E-state index in [1.807, 2.05) is 0 Å². The Kier molecular flexibility index (Phi) is 6.82. The van der Waals surface area contributed by atoms with Crippen LogP contribution in [-0.2, 0) is 14.3 Å². The van der Waals surface area contributed by atoms with Crippen molar-refractivity contribution in [3.8, 4) is 0 Å². The Morgan fingerprint density at radius 3 is 2.50 bits per heavy atom. The van der Waals surface area contributed by atoms with E-state index in [2.05, 4.69) is 31.5 Å². The van der Waals surface area contributed by atoms with Crippen LogP contribution in [-0.4, -0.2) is 56.1 Å². The number of anilines is 1. The average molecular weight is 370 g/mol. The van der Waals surface area contributed by atoms with E-state index in [9.17, 15) is 9.59 Å². The van der Waals surface area contributed by atoms with Gasteiger partial charge in [-0.3, -0.25) is 14.5 Å². The Morgan fingerprint density at radius 2 is 1.82 bits per heavy atom. The van der Waals surface area contributed by atoms with E-state index >= 15 is 0 Å². The van der Waals surface area contributed by atoms with Crippen molar-refractivity contribution >= 4 is 33.4 Å². The molecule has 0 radical (unpaired) electrons. The van der Waals surface area contributed by atoms with Gasteiger partial charge in [-0.2, -0.15) is 0 Å². The first-order valence-electron chi connectivity index (χ1n) is 7.30. The third-order valence-corrected chi connectivity index (χ3v) is 3.88. The molecule has 1 aliphatic rings. The number of morpholine rings is 1. The van der Waals surface area contributed by atoms with Crippen LogP contribution >= 0.6 is 15.9 Å². The molecule has 22 heavy (non-hydrogen) atoms. The molecular weight excluding hydrogens is 350 g/mol. The van der Waals surface area contributed by atoms with Gasteiger partial charge in [-0.15, -0.1) is 0 Å². The maximum atomic E-state index is 11.7. The van der Waals surface area contributed by atoms with Crippen LogP contribution in [0.15, 0.2) is 28.7 Å². The summed E-state index contributed by atoms with van der Waals surface area (Å²) in [6.45, 7) is 4.78. The number of halogens is 1. The van der Waals surface area contributed by atoms with Gasteiger partial charge in [0.1, 0.15) is 0 Å². The zero-order valence-electron chi connectivity index (χ0n) is 12.3. The van der Waals surface area contributed by atoms with Gasteiger partial charge in [-0.25, -0.2) is 0 Å². The highest BCUT2D eigenvalue weighted by Crippen LogP contribution is 2.13. The number of nitrogens with zero attached hydrogens (tertiary/aromatic N) is 1. The average Bonchev–Trinajstić information content (AvgIpc) is 2.54. The fraction of sp³-hybridized carbons (Fsp3) is 0.467. The van der Waals surface area contributed by atoms with Crippen molar-refractivity contribution in [1.29, 1.82) is 0 Å². The van der Waals surface area contributed by atoms with Crippen molar-refractivity contribution in [3.63, 3.8) is 0 Å². The summed E-state index contributed by atoms with van der Waals surface area (Å²) in [6, 6.07) is 7.06. The maximum Gasteiger partial charge on any atom is 0.313 e. The molecule has 0 saturated carbocycles. The number of carbonyl (C=O) groups is 2. The lowest BCUT2D eigenvalue weighted by atomic mass is 10.3. The molecule has 1 fully saturated rings. The molecule has 2 amide bonds. The topological polar surface area (TPSA) is 70.7 Å². The van der Waals surface area contributed by atoms with Gasteiger partial charge in [0, 0.05) is 29.8 Å². The van der Waals surface area contributed by atoms with Gasteiger partial charge in [0.25, 0.3) is 0 Å². The highest BCUT2D eigenvalue weighted by Gasteiger charge is 2.14. The Bertz CT molecular complexity index is 501. The molecular formula is C15H20BrN3O3. The van der Waals surface area contributed by atoms with Gasteiger partial charge in [-0.1, -0.05) is 15.9 Å². The highest BCUT2D eigenvalue weighted by atomic mass is 79.9. The number of hydrogen-bond acceptors (Lipinski definition) is 4. The molecule has 0 spiro atoms. The minimum Gasteiger partial charge on any atom is -0.379 e. The van der Waals surface area contributed by atoms with Crippen molar-refractivity contribution in [2.75, 3.05) is 44.7 Å². The third kappa shape index (κ3) is 5.75. The predicted octanol–water partition coefficient (Wildman–Crippen LogP) is 1.23. The Balaban J connectivity index is 1.63. The SMILES string of the molecule is O=C(NCCCN1CCOCC1)C(=O)Nc1ccc(Br)cc1. The quantitative estimate of drug-likeness (QED) is 0.604. The monoisotopic (exact) mass is 369 g/mol. The Hall–Kier alpha value is -1.44. The van der Waals surface area contributed by atoms with Gasteiger partial charge >= 0.3 is 11.8 Å². The molecule has 0 bridgehead atoms. The molecule has 0 atom stereocenters. The summed E-state index contributed by atoms with van der Waals surface area (Å²) in [7, 11) is 0. The molecule has 2 rings (SSSR count). The molecule has 1 aromatic carbocycles. The Labute approximate surface area is 138 Å². The van der Waals surface area contributed by atoms with Crippen LogP contribution in [0, 0.1) is 0 Å². The minimum absolute atomic E-state index is 0.490. The summed E-state index contributed by atoms with van der Waals surface area (Å²) in [6.07, 6.45) is 0.817. The first-order chi connectivity index (χ1) is 10.6. The van der Waals surface area contributed by atoms with Crippen molar-refractivity contribution in [1.82, 2.24) is 10.2 Å². The van der Waals surface area contributed by atoms with Gasteiger partial charge in [0.15, 0.2) is 0 Å². The summed E-state index contributed by atoms with van der Waals surface area (Å²) in [5.74, 6) is -1.25. The lowest BCUT2D eigenvalue weighted by Crippen LogP contribution is -2.39. The van der Waals surface area contributed by atoms with Crippen molar-refractivity contribution in [2.45, 2.75) is 6.42 Å². The van der Waals surface area contributed by atoms with Gasteiger partial charge < -0.3 is 15.4 Å². The van der Waals surface area contributed by atoms with Crippen molar-refractivity contribution in [2.24, 2.45) is 0 Å². The van der Waals surface area contributed by atoms with Crippen LogP contribution in [0.2, 0.25) is 0 Å². The number of rotatable bonds is 5. The zero-order chi connectivity index (χ0) is 15.8. The summed E-state index contributed by atoms with van der Waals surface area (Å²) in [5.41, 5.74) is 0.594. The number of carbonyl (C=O) groups excluding carboxylic acids is 2. The van der Waals surface area contributed by atoms with Gasteiger partial charge in [0.05, 0.1) is 13.2 Å². The van der Waals surface area contributed by atoms with E-state index in [1.165, 1.54) is 0 Å². The van der Waals surface area contributed by atoms with Crippen LogP contribution in [0.5, 0.6) is 0 Å². The molecule has 1 aromatic rings. The van der Waals surface area contributed by atoms with Crippen molar-refractivity contribution in [3.05, 3.63) is 28.7 Å². The number of amides is 2. The van der Waals surface area contributed by atoms with E-state index < -0.39 is 11.8 Å². The first-order valence-corrected chi connectivity index (χ1v) is 8.09. The van der Waals surface area contributed by atoms with Crippen LogP contribution in [0.1, 0.15) is 6.42 Å². The van der Waals surface area contributed by atoms with E-state index in [0.717, 1.165) is 43.7 Å². The van der Waals surface area contributed by atoms with Crippen LogP contribution in [0.3, 0.4) is 0 Å². The molecule has 0 aliphatic carbocycles. The van der Waals surface area contributed by atoms with Gasteiger partial charge in [-0.05, 0) is 37.2 Å². The van der Waals surface area contributed by atoms with Crippen LogP contribution in [0.4, 0.5) is 5.69 Å². The van der Waals surface area contributed by atoms with E-state index in [0.29, 0.717) is 12.2 Å². The third-order valence-electron chi connectivity index (χ3n) is 3.35. The lowest BCUT2D eigenvalue weighted by Gasteiger charge is -2.26. The summed E-state index contributed by atoms with van der Waals surface area (Å²) in [5, 5.41) is 5.20.